The van der Waals surface area contributed by atoms with Gasteiger partial charge >= 0.3 is 5.97 Å². The van der Waals surface area contributed by atoms with Crippen molar-refractivity contribution >= 4 is 11.7 Å². The number of hydrogen-bond acceptors (Lipinski definition) is 4. The molecule has 0 radical (unpaired) electrons. The van der Waals surface area contributed by atoms with Crippen molar-refractivity contribution in [1.82, 2.24) is 0 Å². The van der Waals surface area contributed by atoms with E-state index in [9.17, 15) is 9.90 Å². The standard InChI is InChI=1S/C18H17NO3/c1-12-9-14-11-15(20)7-8-16(14)17(10-12)19-22-18(21)13-5-3-2-4-6-13/h2-8,11-12,20H,9-10H2,1H3/b19-17+. The highest BCUT2D eigenvalue weighted by molar-refractivity contribution is 6.03. The van der Waals surface area contributed by atoms with Crippen LogP contribution in [0.2, 0.25) is 0 Å². The van der Waals surface area contributed by atoms with Crippen LogP contribution in [0.4, 0.5) is 0 Å². The van der Waals surface area contributed by atoms with E-state index in [1.165, 1.54) is 0 Å². The Kier molecular flexibility index (Phi) is 3.92. The third-order valence-corrected chi connectivity index (χ3v) is 3.76. The maximum atomic E-state index is 12.0. The van der Waals surface area contributed by atoms with Crippen LogP contribution < -0.4 is 0 Å². The highest BCUT2D eigenvalue weighted by Crippen LogP contribution is 2.28. The first kappa shape index (κ1) is 14.3. The van der Waals surface area contributed by atoms with Gasteiger partial charge in [-0.25, -0.2) is 4.79 Å². The van der Waals surface area contributed by atoms with Gasteiger partial charge in [-0.2, -0.15) is 0 Å². The fourth-order valence-electron chi connectivity index (χ4n) is 2.73. The van der Waals surface area contributed by atoms with Crippen LogP contribution >= 0.6 is 0 Å². The van der Waals surface area contributed by atoms with Crippen LogP contribution in [0.15, 0.2) is 53.7 Å². The zero-order valence-electron chi connectivity index (χ0n) is 12.3. The van der Waals surface area contributed by atoms with E-state index in [0.717, 1.165) is 29.7 Å². The van der Waals surface area contributed by atoms with E-state index in [1.54, 1.807) is 36.4 Å². The number of carbonyl (C=O) groups excluding carboxylic acids is 1. The number of phenolic OH excluding ortho intramolecular Hbond substituents is 1. The van der Waals surface area contributed by atoms with E-state index in [4.69, 9.17) is 4.84 Å². The molecule has 0 aromatic heterocycles. The number of oxime groups is 1. The molecule has 1 N–H and O–H groups in total. The van der Waals surface area contributed by atoms with E-state index in [2.05, 4.69) is 12.1 Å². The molecular formula is C18H17NO3. The maximum absolute atomic E-state index is 12.0. The molecule has 22 heavy (non-hydrogen) atoms. The Morgan fingerprint density at radius 3 is 2.73 bits per heavy atom. The molecule has 112 valence electrons. The smallest absolute Gasteiger partial charge is 0.365 e. The minimum absolute atomic E-state index is 0.244. The lowest BCUT2D eigenvalue weighted by atomic mass is 9.83. The predicted octanol–water partition coefficient (Wildman–Crippen LogP) is 3.54. The topological polar surface area (TPSA) is 58.9 Å². The predicted molar refractivity (Wildman–Crippen MR) is 84.0 cm³/mol. The van der Waals surface area contributed by atoms with E-state index < -0.39 is 5.97 Å². The zero-order valence-corrected chi connectivity index (χ0v) is 12.3. The molecular weight excluding hydrogens is 278 g/mol. The molecule has 1 aliphatic carbocycles. The van der Waals surface area contributed by atoms with Crippen LogP contribution in [-0.2, 0) is 11.3 Å². The van der Waals surface area contributed by atoms with E-state index >= 15 is 0 Å². The third kappa shape index (κ3) is 3.01. The molecule has 1 unspecified atom stereocenters. The van der Waals surface area contributed by atoms with Crippen LogP contribution in [0.25, 0.3) is 0 Å². The SMILES string of the molecule is CC1C/C(=N\OC(=O)c2ccccc2)c2ccc(O)cc2C1. The van der Waals surface area contributed by atoms with E-state index in [-0.39, 0.29) is 5.75 Å². The number of nitrogens with zero attached hydrogens (tertiary/aromatic N) is 1. The maximum Gasteiger partial charge on any atom is 0.365 e. The largest absolute Gasteiger partial charge is 0.508 e. The lowest BCUT2D eigenvalue weighted by Crippen LogP contribution is -2.19. The molecule has 0 bridgehead atoms. The summed E-state index contributed by atoms with van der Waals surface area (Å²) >= 11 is 0. The lowest BCUT2D eigenvalue weighted by Gasteiger charge is -2.22. The summed E-state index contributed by atoms with van der Waals surface area (Å²) < 4.78 is 0. The molecule has 1 atom stereocenters. The van der Waals surface area contributed by atoms with Crippen LogP contribution in [0, 0.1) is 5.92 Å². The van der Waals surface area contributed by atoms with Gasteiger partial charge in [-0.3, -0.25) is 0 Å². The molecule has 0 fully saturated rings. The van der Waals surface area contributed by atoms with Gasteiger partial charge in [-0.15, -0.1) is 0 Å². The van der Waals surface area contributed by atoms with Gasteiger partial charge in [-0.1, -0.05) is 30.3 Å². The molecule has 4 heteroatoms. The first-order valence-corrected chi connectivity index (χ1v) is 7.29. The average Bonchev–Trinajstić information content (AvgIpc) is 2.52. The summed E-state index contributed by atoms with van der Waals surface area (Å²) in [6, 6.07) is 14.0. The van der Waals surface area contributed by atoms with Crippen molar-refractivity contribution in [3.8, 4) is 5.75 Å². The van der Waals surface area contributed by atoms with Crippen molar-refractivity contribution < 1.29 is 14.7 Å². The van der Waals surface area contributed by atoms with Gasteiger partial charge in [0.25, 0.3) is 0 Å². The minimum atomic E-state index is -0.466. The summed E-state index contributed by atoms with van der Waals surface area (Å²) in [4.78, 5) is 17.1. The molecule has 0 saturated carbocycles. The first-order chi connectivity index (χ1) is 10.6. The van der Waals surface area contributed by atoms with Crippen molar-refractivity contribution in [2.45, 2.75) is 19.8 Å². The van der Waals surface area contributed by atoms with Crippen LogP contribution in [-0.4, -0.2) is 16.8 Å². The Labute approximate surface area is 129 Å². The molecule has 0 saturated heterocycles. The van der Waals surface area contributed by atoms with Gasteiger partial charge in [0.15, 0.2) is 0 Å². The fraction of sp³-hybridized carbons (Fsp3) is 0.222. The third-order valence-electron chi connectivity index (χ3n) is 3.76. The van der Waals surface area contributed by atoms with Gasteiger partial charge in [0.1, 0.15) is 5.75 Å². The van der Waals surface area contributed by atoms with Crippen molar-refractivity contribution in [1.29, 1.82) is 0 Å². The van der Waals surface area contributed by atoms with Gasteiger partial charge < -0.3 is 9.94 Å². The van der Waals surface area contributed by atoms with Crippen molar-refractivity contribution in [2.24, 2.45) is 11.1 Å². The number of fused-ring (bicyclic) bond motifs is 1. The fourth-order valence-corrected chi connectivity index (χ4v) is 2.73. The lowest BCUT2D eigenvalue weighted by molar-refractivity contribution is 0.0515. The summed E-state index contributed by atoms with van der Waals surface area (Å²) in [5.74, 6) is 0.170. The number of hydrogen-bond donors (Lipinski definition) is 1. The number of phenols is 1. The molecule has 0 spiro atoms. The van der Waals surface area contributed by atoms with Crippen LogP contribution in [0.3, 0.4) is 0 Å². The Morgan fingerprint density at radius 1 is 1.18 bits per heavy atom. The van der Waals surface area contributed by atoms with E-state index in [1.807, 2.05) is 12.1 Å². The summed E-state index contributed by atoms with van der Waals surface area (Å²) in [5.41, 5.74) is 3.20. The molecule has 0 aliphatic heterocycles. The number of carbonyl (C=O) groups is 1. The molecule has 0 amide bonds. The second kappa shape index (κ2) is 6.02. The molecule has 2 aromatic rings. The summed E-state index contributed by atoms with van der Waals surface area (Å²) in [6.45, 7) is 2.11. The second-order valence-corrected chi connectivity index (χ2v) is 5.64. The minimum Gasteiger partial charge on any atom is -0.508 e. The normalized spacial score (nSPS) is 18.8. The number of rotatable bonds is 2. The van der Waals surface area contributed by atoms with Crippen LogP contribution in [0.5, 0.6) is 5.75 Å². The Morgan fingerprint density at radius 2 is 1.95 bits per heavy atom. The highest BCUT2D eigenvalue weighted by Gasteiger charge is 2.22. The highest BCUT2D eigenvalue weighted by atomic mass is 16.7. The average molecular weight is 295 g/mol. The Hall–Kier alpha value is -2.62. The Balaban J connectivity index is 1.84. The quantitative estimate of drug-likeness (QED) is 0.681. The first-order valence-electron chi connectivity index (χ1n) is 7.29. The number of aromatic hydroxyl groups is 1. The van der Waals surface area contributed by atoms with Gasteiger partial charge in [0.05, 0.1) is 11.3 Å². The molecule has 3 rings (SSSR count). The van der Waals surface area contributed by atoms with Gasteiger partial charge in [0, 0.05) is 5.56 Å². The van der Waals surface area contributed by atoms with Gasteiger partial charge in [0.2, 0.25) is 0 Å². The zero-order chi connectivity index (χ0) is 15.5. The van der Waals surface area contributed by atoms with Crippen molar-refractivity contribution in [2.75, 3.05) is 0 Å². The van der Waals surface area contributed by atoms with Gasteiger partial charge in [-0.05, 0) is 54.7 Å². The van der Waals surface area contributed by atoms with E-state index in [0.29, 0.717) is 11.5 Å². The summed E-state index contributed by atoms with van der Waals surface area (Å²) in [5, 5.41) is 13.7. The molecule has 4 nitrogen and oxygen atoms in total. The van der Waals surface area contributed by atoms with Crippen LogP contribution in [0.1, 0.15) is 34.8 Å². The monoisotopic (exact) mass is 295 g/mol. The molecule has 0 heterocycles. The molecule has 2 aromatic carbocycles. The second-order valence-electron chi connectivity index (χ2n) is 5.64. The summed E-state index contributed by atoms with van der Waals surface area (Å²) in [6.07, 6.45) is 1.63. The molecule has 1 aliphatic rings. The van der Waals surface area contributed by atoms with Crippen molar-refractivity contribution in [3.63, 3.8) is 0 Å². The Bertz CT molecular complexity index is 722. The number of benzene rings is 2. The van der Waals surface area contributed by atoms with Crippen molar-refractivity contribution in [3.05, 3.63) is 65.2 Å². The summed E-state index contributed by atoms with van der Waals surface area (Å²) in [7, 11) is 0.